The van der Waals surface area contributed by atoms with E-state index >= 15 is 0 Å². The van der Waals surface area contributed by atoms with Gasteiger partial charge in [-0.3, -0.25) is 5.32 Å². The number of ether oxygens (including phenoxy) is 1. The van der Waals surface area contributed by atoms with E-state index in [-0.39, 0.29) is 5.72 Å². The predicted octanol–water partition coefficient (Wildman–Crippen LogP) is 1.94. The summed E-state index contributed by atoms with van der Waals surface area (Å²) in [6.45, 7) is 2.53. The molecule has 0 atom stereocenters. The Labute approximate surface area is 136 Å². The molecular formula is C17H20N2O3S. The molecule has 4 rings (SSSR count). The number of sulfonamides is 1. The predicted molar refractivity (Wildman–Crippen MR) is 88.6 cm³/mol. The lowest BCUT2D eigenvalue weighted by atomic mass is 10.0. The zero-order chi connectivity index (χ0) is 15.9. The first-order valence-electron chi connectivity index (χ1n) is 7.97. The number of piperidine rings is 1. The Kier molecular flexibility index (Phi) is 3.65. The maximum Gasteiger partial charge on any atom is 0.243 e. The molecule has 0 aliphatic carbocycles. The summed E-state index contributed by atoms with van der Waals surface area (Å²) in [5.74, 6) is 0. The van der Waals surface area contributed by atoms with E-state index < -0.39 is 10.0 Å². The smallest absolute Gasteiger partial charge is 0.243 e. The largest absolute Gasteiger partial charge is 0.359 e. The normalized spacial score (nSPS) is 21.9. The number of fused-ring (bicyclic) bond motifs is 1. The second-order valence-corrected chi connectivity index (χ2v) is 8.12. The molecule has 2 saturated heterocycles. The van der Waals surface area contributed by atoms with Crippen LogP contribution in [0, 0.1) is 0 Å². The molecule has 2 aromatic carbocycles. The number of rotatable bonds is 2. The molecule has 23 heavy (non-hydrogen) atoms. The quantitative estimate of drug-likeness (QED) is 0.913. The number of nitrogens with zero attached hydrogens (tertiary/aromatic N) is 1. The molecule has 2 aliphatic heterocycles. The van der Waals surface area contributed by atoms with Gasteiger partial charge in [0.05, 0.1) is 11.5 Å². The third-order valence-corrected chi connectivity index (χ3v) is 6.71. The van der Waals surface area contributed by atoms with E-state index in [0.29, 0.717) is 37.4 Å². The van der Waals surface area contributed by atoms with Crippen LogP contribution in [-0.4, -0.2) is 44.7 Å². The minimum absolute atomic E-state index is 0.310. The van der Waals surface area contributed by atoms with Crippen LogP contribution in [0.25, 0.3) is 10.8 Å². The van der Waals surface area contributed by atoms with Gasteiger partial charge in [0.1, 0.15) is 5.72 Å². The summed E-state index contributed by atoms with van der Waals surface area (Å²) in [5, 5.41) is 5.36. The van der Waals surface area contributed by atoms with Crippen molar-refractivity contribution in [2.75, 3.05) is 26.2 Å². The minimum Gasteiger partial charge on any atom is -0.359 e. The topological polar surface area (TPSA) is 58.6 Å². The maximum absolute atomic E-state index is 12.9. The minimum atomic E-state index is -3.45. The van der Waals surface area contributed by atoms with Gasteiger partial charge in [0.15, 0.2) is 0 Å². The average Bonchev–Trinajstić information content (AvgIpc) is 3.03. The van der Waals surface area contributed by atoms with Gasteiger partial charge in [0, 0.05) is 32.5 Å². The van der Waals surface area contributed by atoms with Crippen LogP contribution in [0.1, 0.15) is 12.8 Å². The van der Waals surface area contributed by atoms with Gasteiger partial charge < -0.3 is 4.74 Å². The van der Waals surface area contributed by atoms with Crippen LogP contribution in [0.5, 0.6) is 0 Å². The Morgan fingerprint density at radius 3 is 2.48 bits per heavy atom. The van der Waals surface area contributed by atoms with Gasteiger partial charge in [-0.05, 0) is 22.9 Å². The molecule has 2 heterocycles. The maximum atomic E-state index is 12.9. The summed E-state index contributed by atoms with van der Waals surface area (Å²) in [4.78, 5) is 0.368. The Balaban J connectivity index is 1.59. The van der Waals surface area contributed by atoms with E-state index in [4.69, 9.17) is 4.74 Å². The molecule has 6 heteroatoms. The summed E-state index contributed by atoms with van der Waals surface area (Å²) in [6.07, 6.45) is 1.39. The fraction of sp³-hybridized carbons (Fsp3) is 0.412. The Bertz CT molecular complexity index is 819. The number of hydrogen-bond donors (Lipinski definition) is 1. The third-order valence-electron chi connectivity index (χ3n) is 4.82. The molecule has 0 saturated carbocycles. The zero-order valence-corrected chi connectivity index (χ0v) is 13.7. The molecule has 0 unspecified atom stereocenters. The van der Waals surface area contributed by atoms with E-state index in [1.807, 2.05) is 30.3 Å². The SMILES string of the molecule is O=S(=O)(c1ccc2ccccc2c1)N1CCC2(CC1)NCCO2. The van der Waals surface area contributed by atoms with Crippen LogP contribution >= 0.6 is 0 Å². The highest BCUT2D eigenvalue weighted by molar-refractivity contribution is 7.89. The van der Waals surface area contributed by atoms with Gasteiger partial charge >= 0.3 is 0 Å². The van der Waals surface area contributed by atoms with Crippen molar-refractivity contribution < 1.29 is 13.2 Å². The van der Waals surface area contributed by atoms with Crippen molar-refractivity contribution in [2.24, 2.45) is 0 Å². The molecule has 0 bridgehead atoms. The molecule has 2 aliphatic rings. The van der Waals surface area contributed by atoms with Gasteiger partial charge in [-0.25, -0.2) is 8.42 Å². The second kappa shape index (κ2) is 5.56. The molecule has 2 fully saturated rings. The van der Waals surface area contributed by atoms with E-state index in [1.165, 1.54) is 0 Å². The van der Waals surface area contributed by atoms with Crippen molar-refractivity contribution in [3.05, 3.63) is 42.5 Å². The molecule has 1 spiro atoms. The van der Waals surface area contributed by atoms with Crippen molar-refractivity contribution >= 4 is 20.8 Å². The number of hydrogen-bond acceptors (Lipinski definition) is 4. The molecule has 2 aromatic rings. The zero-order valence-electron chi connectivity index (χ0n) is 12.9. The van der Waals surface area contributed by atoms with Crippen LogP contribution in [0.3, 0.4) is 0 Å². The van der Waals surface area contributed by atoms with Crippen molar-refractivity contribution in [3.63, 3.8) is 0 Å². The average molecular weight is 332 g/mol. The summed E-state index contributed by atoms with van der Waals surface area (Å²) in [5.41, 5.74) is -0.310. The molecule has 0 radical (unpaired) electrons. The second-order valence-electron chi connectivity index (χ2n) is 6.18. The highest BCUT2D eigenvalue weighted by Gasteiger charge is 2.41. The molecular weight excluding hydrogens is 312 g/mol. The first kappa shape index (κ1) is 15.1. The highest BCUT2D eigenvalue weighted by atomic mass is 32.2. The van der Waals surface area contributed by atoms with Gasteiger partial charge in [-0.15, -0.1) is 0 Å². The van der Waals surface area contributed by atoms with Gasteiger partial charge in [0.2, 0.25) is 10.0 Å². The lowest BCUT2D eigenvalue weighted by molar-refractivity contribution is -0.0445. The van der Waals surface area contributed by atoms with Crippen LogP contribution in [-0.2, 0) is 14.8 Å². The van der Waals surface area contributed by atoms with Crippen LogP contribution in [0.4, 0.5) is 0 Å². The Morgan fingerprint density at radius 1 is 1.04 bits per heavy atom. The van der Waals surface area contributed by atoms with Crippen LogP contribution in [0.15, 0.2) is 47.4 Å². The molecule has 1 N–H and O–H groups in total. The van der Waals surface area contributed by atoms with Crippen molar-refractivity contribution in [3.8, 4) is 0 Å². The lowest BCUT2D eigenvalue weighted by Crippen LogP contribution is -2.52. The lowest BCUT2D eigenvalue weighted by Gasteiger charge is -2.37. The standard InChI is InChI=1S/C17H20N2O3S/c20-23(21,16-6-5-14-3-1-2-4-15(14)13-16)19-10-7-17(8-11-19)18-9-12-22-17/h1-6,13,18H,7-12H2. The molecule has 122 valence electrons. The number of benzene rings is 2. The monoisotopic (exact) mass is 332 g/mol. The van der Waals surface area contributed by atoms with Crippen LogP contribution in [0.2, 0.25) is 0 Å². The number of nitrogens with one attached hydrogen (secondary N) is 1. The third kappa shape index (κ3) is 2.65. The van der Waals surface area contributed by atoms with Gasteiger partial charge in [-0.2, -0.15) is 4.31 Å². The first-order valence-corrected chi connectivity index (χ1v) is 9.41. The summed E-state index contributed by atoms with van der Waals surface area (Å²) in [7, 11) is -3.45. The van der Waals surface area contributed by atoms with Crippen molar-refractivity contribution in [1.82, 2.24) is 9.62 Å². The highest BCUT2D eigenvalue weighted by Crippen LogP contribution is 2.30. The summed E-state index contributed by atoms with van der Waals surface area (Å²) >= 11 is 0. The Morgan fingerprint density at radius 2 is 1.78 bits per heavy atom. The van der Waals surface area contributed by atoms with Crippen molar-refractivity contribution in [2.45, 2.75) is 23.5 Å². The molecule has 0 aromatic heterocycles. The Hall–Kier alpha value is -1.47. The van der Waals surface area contributed by atoms with Gasteiger partial charge in [-0.1, -0.05) is 30.3 Å². The van der Waals surface area contributed by atoms with Gasteiger partial charge in [0.25, 0.3) is 0 Å². The fourth-order valence-corrected chi connectivity index (χ4v) is 4.94. The molecule has 5 nitrogen and oxygen atoms in total. The van der Waals surface area contributed by atoms with E-state index in [2.05, 4.69) is 5.32 Å². The first-order chi connectivity index (χ1) is 11.1. The van der Waals surface area contributed by atoms with E-state index in [9.17, 15) is 8.42 Å². The van der Waals surface area contributed by atoms with E-state index in [0.717, 1.165) is 17.3 Å². The molecule has 0 amide bonds. The summed E-state index contributed by atoms with van der Waals surface area (Å²) < 4.78 is 33.1. The summed E-state index contributed by atoms with van der Waals surface area (Å²) in [6, 6.07) is 13.1. The van der Waals surface area contributed by atoms with Crippen LogP contribution < -0.4 is 5.32 Å². The van der Waals surface area contributed by atoms with Crippen molar-refractivity contribution in [1.29, 1.82) is 0 Å². The fourth-order valence-electron chi connectivity index (χ4n) is 3.46. The van der Waals surface area contributed by atoms with E-state index in [1.54, 1.807) is 16.4 Å².